The van der Waals surface area contributed by atoms with Crippen molar-refractivity contribution < 1.29 is 22.7 Å². The number of hydrogen-bond donors (Lipinski definition) is 1. The number of hydrogen-bond acceptors (Lipinski definition) is 6. The summed E-state index contributed by atoms with van der Waals surface area (Å²) in [6.45, 7) is 4.29. The Hall–Kier alpha value is -3.07. The van der Waals surface area contributed by atoms with Crippen LogP contribution in [0.15, 0.2) is 52.5 Å². The molecule has 30 heavy (non-hydrogen) atoms. The third-order valence-corrected chi connectivity index (χ3v) is 6.89. The molecule has 0 radical (unpaired) electrons. The van der Waals surface area contributed by atoms with Crippen molar-refractivity contribution in [1.82, 2.24) is 5.43 Å². The number of sulfonamides is 1. The number of hydrazone groups is 1. The predicted octanol–water partition coefficient (Wildman–Crippen LogP) is 2.88. The Balaban J connectivity index is 1.65. The molecule has 0 spiro atoms. The van der Waals surface area contributed by atoms with E-state index in [1.54, 1.807) is 18.2 Å². The van der Waals surface area contributed by atoms with Crippen molar-refractivity contribution in [2.45, 2.75) is 31.6 Å². The maximum atomic E-state index is 13.4. The lowest BCUT2D eigenvalue weighted by Crippen LogP contribution is -2.33. The highest BCUT2D eigenvalue weighted by Crippen LogP contribution is 2.35. The molecule has 0 fully saturated rings. The van der Waals surface area contributed by atoms with E-state index in [2.05, 4.69) is 10.5 Å². The van der Waals surface area contributed by atoms with Gasteiger partial charge in [-0.25, -0.2) is 13.8 Å². The lowest BCUT2D eigenvalue weighted by Gasteiger charge is -2.25. The second kappa shape index (κ2) is 7.98. The molecule has 1 unspecified atom stereocenters. The number of benzene rings is 2. The van der Waals surface area contributed by atoms with E-state index in [0.717, 1.165) is 11.3 Å². The maximum Gasteiger partial charge on any atom is 0.264 e. The standard InChI is InChI=1S/C21H23N3O5S/c1-3-10-24(30(26,27)17-8-9-18-19(12-17)29-13-28-18)16-6-4-15(5-7-16)21-14(2)11-20(25)22-23-21/h4-9,12,14H,3,10-11,13H2,1-2H3,(H,22,25). The van der Waals surface area contributed by atoms with Crippen LogP contribution in [0, 0.1) is 5.92 Å². The van der Waals surface area contributed by atoms with Gasteiger partial charge in [0.15, 0.2) is 11.5 Å². The zero-order valence-corrected chi connectivity index (χ0v) is 17.6. The number of carbonyl (C=O) groups is 1. The number of nitrogens with one attached hydrogen (secondary N) is 1. The third kappa shape index (κ3) is 3.72. The molecule has 0 saturated carbocycles. The van der Waals surface area contributed by atoms with Gasteiger partial charge in [-0.2, -0.15) is 5.10 Å². The zero-order valence-electron chi connectivity index (χ0n) is 16.8. The lowest BCUT2D eigenvalue weighted by molar-refractivity contribution is -0.121. The van der Waals surface area contributed by atoms with Crippen LogP contribution in [0.4, 0.5) is 5.69 Å². The molecule has 0 bridgehead atoms. The first-order chi connectivity index (χ1) is 14.4. The molecular weight excluding hydrogens is 406 g/mol. The van der Waals surface area contributed by atoms with Gasteiger partial charge in [-0.05, 0) is 36.2 Å². The number of rotatable bonds is 6. The van der Waals surface area contributed by atoms with Gasteiger partial charge in [0.2, 0.25) is 12.7 Å². The van der Waals surface area contributed by atoms with Crippen LogP contribution < -0.4 is 19.2 Å². The first kappa shape index (κ1) is 20.2. The third-order valence-electron chi connectivity index (χ3n) is 5.07. The van der Waals surface area contributed by atoms with Gasteiger partial charge in [0.1, 0.15) is 0 Å². The molecule has 0 aliphatic carbocycles. The largest absolute Gasteiger partial charge is 0.454 e. The molecule has 4 rings (SSSR count). The van der Waals surface area contributed by atoms with Crippen molar-refractivity contribution in [2.24, 2.45) is 11.0 Å². The molecule has 2 aromatic carbocycles. The normalized spacial score (nSPS) is 18.0. The Bertz CT molecular complexity index is 1100. The fraction of sp³-hybridized carbons (Fsp3) is 0.333. The van der Waals surface area contributed by atoms with Crippen molar-refractivity contribution in [3.05, 3.63) is 48.0 Å². The Morgan fingerprint density at radius 3 is 2.57 bits per heavy atom. The van der Waals surface area contributed by atoms with Crippen LogP contribution in [0.5, 0.6) is 11.5 Å². The summed E-state index contributed by atoms with van der Waals surface area (Å²) in [5.74, 6) is 0.851. The second-order valence-corrected chi connectivity index (χ2v) is 9.14. The van der Waals surface area contributed by atoms with Crippen LogP contribution in [0.3, 0.4) is 0 Å². The van der Waals surface area contributed by atoms with E-state index in [1.807, 2.05) is 26.0 Å². The van der Waals surface area contributed by atoms with Crippen LogP contribution in [-0.4, -0.2) is 33.4 Å². The Labute approximate surface area is 175 Å². The molecule has 0 saturated heterocycles. The van der Waals surface area contributed by atoms with E-state index in [0.29, 0.717) is 36.6 Å². The molecule has 2 aromatic rings. The van der Waals surface area contributed by atoms with Crippen LogP contribution in [-0.2, 0) is 14.8 Å². The van der Waals surface area contributed by atoms with Crippen molar-refractivity contribution in [2.75, 3.05) is 17.6 Å². The number of nitrogens with zero attached hydrogens (tertiary/aromatic N) is 2. The molecule has 158 valence electrons. The van der Waals surface area contributed by atoms with Crippen LogP contribution in [0.25, 0.3) is 0 Å². The number of carbonyl (C=O) groups excluding carboxylic acids is 1. The second-order valence-electron chi connectivity index (χ2n) is 7.28. The van der Waals surface area contributed by atoms with E-state index < -0.39 is 10.0 Å². The first-order valence-electron chi connectivity index (χ1n) is 9.79. The molecule has 0 aromatic heterocycles. The number of fused-ring (bicyclic) bond motifs is 1. The van der Waals surface area contributed by atoms with Gasteiger partial charge in [-0.3, -0.25) is 9.10 Å². The number of ether oxygens (including phenoxy) is 2. The SMILES string of the molecule is CCCN(c1ccc(C2=NNC(=O)CC2C)cc1)S(=O)(=O)c1ccc2c(c1)OCO2. The fourth-order valence-electron chi connectivity index (χ4n) is 3.56. The average molecular weight is 429 g/mol. The van der Waals surface area contributed by atoms with Gasteiger partial charge in [-0.15, -0.1) is 0 Å². The highest BCUT2D eigenvalue weighted by molar-refractivity contribution is 7.92. The summed E-state index contributed by atoms with van der Waals surface area (Å²) >= 11 is 0. The van der Waals surface area contributed by atoms with Crippen molar-refractivity contribution in [3.63, 3.8) is 0 Å². The fourth-order valence-corrected chi connectivity index (χ4v) is 5.13. The summed E-state index contributed by atoms with van der Waals surface area (Å²) in [4.78, 5) is 11.6. The Morgan fingerprint density at radius 1 is 1.13 bits per heavy atom. The van der Waals surface area contributed by atoms with Gasteiger partial charge in [0.05, 0.1) is 16.3 Å². The topological polar surface area (TPSA) is 97.3 Å². The monoisotopic (exact) mass is 429 g/mol. The van der Waals surface area contributed by atoms with Crippen LogP contribution in [0.1, 0.15) is 32.3 Å². The highest BCUT2D eigenvalue weighted by Gasteiger charge is 2.27. The van der Waals surface area contributed by atoms with Crippen molar-refractivity contribution in [3.8, 4) is 11.5 Å². The van der Waals surface area contributed by atoms with E-state index in [4.69, 9.17) is 9.47 Å². The maximum absolute atomic E-state index is 13.4. The number of anilines is 1. The predicted molar refractivity (Wildman–Crippen MR) is 112 cm³/mol. The molecule has 2 aliphatic rings. The minimum absolute atomic E-state index is 0.00582. The minimum Gasteiger partial charge on any atom is -0.454 e. The summed E-state index contributed by atoms with van der Waals surface area (Å²) in [5, 5.41) is 4.16. The van der Waals surface area contributed by atoms with Crippen LogP contribution in [0.2, 0.25) is 0 Å². The molecular formula is C21H23N3O5S. The van der Waals surface area contributed by atoms with Crippen LogP contribution >= 0.6 is 0 Å². The van der Waals surface area contributed by atoms with Crippen molar-refractivity contribution in [1.29, 1.82) is 0 Å². The van der Waals surface area contributed by atoms with Crippen molar-refractivity contribution >= 4 is 27.3 Å². The van der Waals surface area contributed by atoms with Gasteiger partial charge in [0.25, 0.3) is 10.0 Å². The van der Waals surface area contributed by atoms with Gasteiger partial charge >= 0.3 is 0 Å². The number of amides is 1. The molecule has 1 N–H and O–H groups in total. The highest BCUT2D eigenvalue weighted by atomic mass is 32.2. The van der Waals surface area contributed by atoms with Gasteiger partial charge in [-0.1, -0.05) is 26.0 Å². The Morgan fingerprint density at radius 2 is 1.87 bits per heavy atom. The summed E-state index contributed by atoms with van der Waals surface area (Å²) in [7, 11) is -3.78. The summed E-state index contributed by atoms with van der Waals surface area (Å²) in [5.41, 5.74) is 4.70. The Kier molecular flexibility index (Phi) is 5.38. The van der Waals surface area contributed by atoms with Gasteiger partial charge in [0, 0.05) is 24.9 Å². The smallest absolute Gasteiger partial charge is 0.264 e. The average Bonchev–Trinajstić information content (AvgIpc) is 3.20. The van der Waals surface area contributed by atoms with E-state index in [9.17, 15) is 13.2 Å². The zero-order chi connectivity index (χ0) is 21.3. The molecule has 2 heterocycles. The van der Waals surface area contributed by atoms with Gasteiger partial charge < -0.3 is 9.47 Å². The quantitative estimate of drug-likeness (QED) is 0.762. The molecule has 1 atom stereocenters. The molecule has 9 heteroatoms. The summed E-state index contributed by atoms with van der Waals surface area (Å²) in [6.07, 6.45) is 1.03. The molecule has 1 amide bonds. The summed E-state index contributed by atoms with van der Waals surface area (Å²) in [6, 6.07) is 11.8. The first-order valence-corrected chi connectivity index (χ1v) is 11.2. The van der Waals surface area contributed by atoms with E-state index in [-0.39, 0.29) is 23.5 Å². The molecule has 2 aliphatic heterocycles. The van der Waals surface area contributed by atoms with E-state index >= 15 is 0 Å². The van der Waals surface area contributed by atoms with E-state index in [1.165, 1.54) is 16.4 Å². The minimum atomic E-state index is -3.78. The molecule has 8 nitrogen and oxygen atoms in total. The lowest BCUT2D eigenvalue weighted by atomic mass is 9.94. The summed E-state index contributed by atoms with van der Waals surface area (Å²) < 4.78 is 38.7.